The predicted octanol–water partition coefficient (Wildman–Crippen LogP) is 3.76. The number of nitrogens with one attached hydrogen (secondary N) is 2. The first-order valence-corrected chi connectivity index (χ1v) is 9.13. The van der Waals surface area contributed by atoms with Crippen molar-refractivity contribution in [2.75, 3.05) is 5.32 Å². The number of aryl methyl sites for hydroxylation is 2. The van der Waals surface area contributed by atoms with E-state index >= 15 is 0 Å². The summed E-state index contributed by atoms with van der Waals surface area (Å²) in [7, 11) is 0. The molecule has 0 aliphatic heterocycles. The number of halogens is 1. The number of hydrogen-bond acceptors (Lipinski definition) is 3. The second-order valence-electron chi connectivity index (χ2n) is 5.63. The molecule has 1 aliphatic carbocycles. The van der Waals surface area contributed by atoms with E-state index in [1.165, 1.54) is 28.9 Å². The average molecular weight is 393 g/mol. The number of benzene rings is 1. The minimum Gasteiger partial charge on any atom is -0.340 e. The lowest BCUT2D eigenvalue weighted by Gasteiger charge is -2.14. The number of carbonyl (C=O) groups is 2. The van der Waals surface area contributed by atoms with Crippen molar-refractivity contribution >= 4 is 44.8 Å². The van der Waals surface area contributed by atoms with Crippen LogP contribution in [0.1, 0.15) is 34.1 Å². The Morgan fingerprint density at radius 2 is 1.96 bits per heavy atom. The van der Waals surface area contributed by atoms with E-state index < -0.39 is 6.04 Å². The van der Waals surface area contributed by atoms with E-state index in [4.69, 9.17) is 0 Å². The smallest absolute Gasteiger partial charge is 0.262 e. The average Bonchev–Trinajstić information content (AvgIpc) is 3.15. The van der Waals surface area contributed by atoms with Gasteiger partial charge in [0.15, 0.2) is 0 Å². The number of anilines is 1. The van der Waals surface area contributed by atoms with Crippen LogP contribution in [0.25, 0.3) is 0 Å². The molecule has 1 heterocycles. The fourth-order valence-electron chi connectivity index (χ4n) is 2.67. The van der Waals surface area contributed by atoms with E-state index in [1.807, 2.05) is 18.2 Å². The molecule has 2 amide bonds. The third-order valence-corrected chi connectivity index (χ3v) is 5.53. The molecule has 4 nitrogen and oxygen atoms in total. The van der Waals surface area contributed by atoms with Gasteiger partial charge in [0.2, 0.25) is 5.91 Å². The molecule has 1 aromatic heterocycles. The molecule has 0 bridgehead atoms. The Hall–Kier alpha value is -1.66. The Morgan fingerprint density at radius 3 is 2.70 bits per heavy atom. The lowest BCUT2D eigenvalue weighted by molar-refractivity contribution is -0.117. The number of amides is 2. The van der Waals surface area contributed by atoms with Crippen molar-refractivity contribution in [3.8, 4) is 0 Å². The van der Waals surface area contributed by atoms with Crippen LogP contribution in [0.15, 0.2) is 34.1 Å². The number of hydrogen-bond donors (Lipinski definition) is 2. The Balaban J connectivity index is 1.60. The van der Waals surface area contributed by atoms with Crippen LogP contribution in [0.4, 0.5) is 5.69 Å². The van der Waals surface area contributed by atoms with Gasteiger partial charge in [0.05, 0.1) is 8.66 Å². The summed E-state index contributed by atoms with van der Waals surface area (Å²) >= 11 is 4.66. The summed E-state index contributed by atoms with van der Waals surface area (Å²) in [5.41, 5.74) is 3.46. The van der Waals surface area contributed by atoms with E-state index in [0.29, 0.717) is 4.88 Å². The van der Waals surface area contributed by atoms with Gasteiger partial charge in [-0.15, -0.1) is 11.3 Å². The molecule has 1 aliphatic rings. The monoisotopic (exact) mass is 392 g/mol. The van der Waals surface area contributed by atoms with E-state index in [0.717, 1.165) is 22.3 Å². The highest BCUT2D eigenvalue weighted by Crippen LogP contribution is 2.25. The molecular weight excluding hydrogens is 376 g/mol. The Labute approximate surface area is 147 Å². The minimum atomic E-state index is -0.600. The van der Waals surface area contributed by atoms with Gasteiger partial charge in [-0.2, -0.15) is 0 Å². The van der Waals surface area contributed by atoms with Gasteiger partial charge < -0.3 is 10.6 Å². The normalized spacial score (nSPS) is 14.2. The second kappa shape index (κ2) is 6.84. The first-order valence-electron chi connectivity index (χ1n) is 7.52. The first kappa shape index (κ1) is 16.2. The molecule has 0 saturated carbocycles. The largest absolute Gasteiger partial charge is 0.340 e. The lowest BCUT2D eigenvalue weighted by Crippen LogP contribution is -2.41. The van der Waals surface area contributed by atoms with Crippen LogP contribution in [-0.2, 0) is 17.6 Å². The fraction of sp³-hybridized carbons (Fsp3) is 0.294. The zero-order chi connectivity index (χ0) is 16.4. The van der Waals surface area contributed by atoms with Gasteiger partial charge in [0.25, 0.3) is 5.91 Å². The van der Waals surface area contributed by atoms with Crippen LogP contribution in [0.5, 0.6) is 0 Å². The summed E-state index contributed by atoms with van der Waals surface area (Å²) < 4.78 is 0.887. The zero-order valence-corrected chi connectivity index (χ0v) is 15.1. The van der Waals surface area contributed by atoms with E-state index in [-0.39, 0.29) is 11.8 Å². The highest BCUT2D eigenvalue weighted by atomic mass is 79.9. The predicted molar refractivity (Wildman–Crippen MR) is 96.0 cm³/mol. The van der Waals surface area contributed by atoms with Crippen molar-refractivity contribution in [2.45, 2.75) is 32.2 Å². The van der Waals surface area contributed by atoms with Crippen LogP contribution in [-0.4, -0.2) is 17.9 Å². The number of thiophene rings is 1. The van der Waals surface area contributed by atoms with Crippen LogP contribution in [0.3, 0.4) is 0 Å². The zero-order valence-electron chi connectivity index (χ0n) is 12.7. The summed E-state index contributed by atoms with van der Waals surface area (Å²) in [5, 5.41) is 5.59. The minimum absolute atomic E-state index is 0.216. The highest BCUT2D eigenvalue weighted by Gasteiger charge is 2.18. The molecular formula is C17H17BrN2O2S. The maximum Gasteiger partial charge on any atom is 0.262 e. The van der Waals surface area contributed by atoms with Crippen LogP contribution in [0.2, 0.25) is 0 Å². The van der Waals surface area contributed by atoms with Gasteiger partial charge in [-0.3, -0.25) is 9.59 Å². The summed E-state index contributed by atoms with van der Waals surface area (Å²) in [5.74, 6) is -0.454. The second-order valence-corrected chi connectivity index (χ2v) is 8.09. The fourth-order valence-corrected chi connectivity index (χ4v) is 3.96. The van der Waals surface area contributed by atoms with Crippen molar-refractivity contribution in [1.82, 2.24) is 5.32 Å². The van der Waals surface area contributed by atoms with E-state index in [1.54, 1.807) is 13.0 Å². The van der Waals surface area contributed by atoms with Gasteiger partial charge in [-0.1, -0.05) is 6.07 Å². The maximum atomic E-state index is 12.3. The molecule has 0 radical (unpaired) electrons. The van der Waals surface area contributed by atoms with Gasteiger partial charge >= 0.3 is 0 Å². The van der Waals surface area contributed by atoms with Crippen LogP contribution < -0.4 is 10.6 Å². The quantitative estimate of drug-likeness (QED) is 0.831. The molecule has 1 aromatic carbocycles. The molecule has 0 saturated heterocycles. The molecule has 120 valence electrons. The number of carbonyl (C=O) groups excluding carboxylic acids is 2. The molecule has 23 heavy (non-hydrogen) atoms. The van der Waals surface area contributed by atoms with E-state index in [2.05, 4.69) is 32.6 Å². The molecule has 3 rings (SSSR count). The van der Waals surface area contributed by atoms with Gasteiger partial charge in [-0.05, 0) is 77.5 Å². The summed E-state index contributed by atoms with van der Waals surface area (Å²) in [4.78, 5) is 24.9. The van der Waals surface area contributed by atoms with Crippen molar-refractivity contribution < 1.29 is 9.59 Å². The van der Waals surface area contributed by atoms with Crippen LogP contribution >= 0.6 is 27.3 Å². The topological polar surface area (TPSA) is 58.2 Å². The molecule has 0 fully saturated rings. The lowest BCUT2D eigenvalue weighted by atomic mass is 10.1. The third-order valence-electron chi connectivity index (χ3n) is 3.90. The van der Waals surface area contributed by atoms with E-state index in [9.17, 15) is 9.59 Å². The Kier molecular flexibility index (Phi) is 4.82. The summed E-state index contributed by atoms with van der Waals surface area (Å²) in [6.45, 7) is 1.68. The molecule has 0 spiro atoms. The van der Waals surface area contributed by atoms with Crippen molar-refractivity contribution in [1.29, 1.82) is 0 Å². The van der Waals surface area contributed by atoms with Gasteiger partial charge in [-0.25, -0.2) is 0 Å². The first-order chi connectivity index (χ1) is 11.0. The van der Waals surface area contributed by atoms with Gasteiger partial charge in [0, 0.05) is 5.69 Å². The van der Waals surface area contributed by atoms with Crippen molar-refractivity contribution in [2.24, 2.45) is 0 Å². The Morgan fingerprint density at radius 1 is 1.17 bits per heavy atom. The molecule has 1 atom stereocenters. The third kappa shape index (κ3) is 3.82. The highest BCUT2D eigenvalue weighted by molar-refractivity contribution is 9.11. The molecule has 2 N–H and O–H groups in total. The van der Waals surface area contributed by atoms with Crippen molar-refractivity contribution in [3.05, 3.63) is 50.1 Å². The molecule has 1 unspecified atom stereocenters. The van der Waals surface area contributed by atoms with Gasteiger partial charge in [0.1, 0.15) is 6.04 Å². The Bertz CT molecular complexity index is 757. The number of rotatable bonds is 4. The molecule has 6 heteroatoms. The maximum absolute atomic E-state index is 12.3. The standard InChI is InChI=1S/C17H17BrN2O2S/c1-10(19-17(22)14-7-8-15(18)23-14)16(21)20-13-6-5-11-3-2-4-12(11)9-13/h5-10H,2-4H2,1H3,(H,19,22)(H,20,21). The van der Waals surface area contributed by atoms with Crippen molar-refractivity contribution in [3.63, 3.8) is 0 Å². The number of fused-ring (bicyclic) bond motifs is 1. The molecule has 2 aromatic rings. The summed E-state index contributed by atoms with van der Waals surface area (Å²) in [6, 6.07) is 8.98. The SMILES string of the molecule is CC(NC(=O)c1ccc(Br)s1)C(=O)Nc1ccc2c(c1)CCC2. The van der Waals surface area contributed by atoms with Crippen LogP contribution in [0, 0.1) is 0 Å². The summed E-state index contributed by atoms with van der Waals surface area (Å²) in [6.07, 6.45) is 3.36.